The predicted octanol–water partition coefficient (Wildman–Crippen LogP) is 2.24. The molecule has 2 aromatic rings. The van der Waals surface area contributed by atoms with E-state index in [1.807, 2.05) is 38.1 Å². The number of nitrogens with zero attached hydrogens (tertiary/aromatic N) is 1. The minimum Gasteiger partial charge on any atom is -0.493 e. The van der Waals surface area contributed by atoms with Crippen molar-refractivity contribution in [2.75, 3.05) is 6.61 Å². The van der Waals surface area contributed by atoms with E-state index in [0.717, 1.165) is 22.0 Å². The van der Waals surface area contributed by atoms with Crippen LogP contribution in [0.25, 0.3) is 0 Å². The zero-order valence-electron chi connectivity index (χ0n) is 12.2. The summed E-state index contributed by atoms with van der Waals surface area (Å²) in [5.41, 5.74) is 4.11. The lowest BCUT2D eigenvalue weighted by Gasteiger charge is -2.05. The number of nitrogens with one attached hydrogen (secondary N) is 1. The molecule has 0 saturated heterocycles. The number of nitrogen functional groups attached to an aromatic ring is 1. The summed E-state index contributed by atoms with van der Waals surface area (Å²) in [7, 11) is 0. The van der Waals surface area contributed by atoms with Gasteiger partial charge in [0.2, 0.25) is 0 Å². The molecule has 0 fully saturated rings. The third-order valence-corrected chi connectivity index (χ3v) is 4.14. The molecule has 2 rings (SSSR count). The van der Waals surface area contributed by atoms with Crippen molar-refractivity contribution in [1.82, 2.24) is 10.4 Å². The van der Waals surface area contributed by atoms with E-state index in [1.54, 1.807) is 0 Å². The van der Waals surface area contributed by atoms with Crippen LogP contribution in [0.15, 0.2) is 24.3 Å². The first-order chi connectivity index (χ1) is 10.1. The van der Waals surface area contributed by atoms with Crippen LogP contribution in [0.5, 0.6) is 5.75 Å². The molecule has 3 N–H and O–H groups in total. The molecule has 21 heavy (non-hydrogen) atoms. The van der Waals surface area contributed by atoms with E-state index in [0.29, 0.717) is 24.3 Å². The molecule has 0 saturated carbocycles. The van der Waals surface area contributed by atoms with Crippen LogP contribution in [-0.2, 0) is 12.8 Å². The molecule has 0 unspecified atom stereocenters. The van der Waals surface area contributed by atoms with Crippen LogP contribution in [0.2, 0.25) is 0 Å². The SMILES string of the molecule is CCc1nc(CCOc2cccc(C)c2)sc1C(=O)NN. The van der Waals surface area contributed by atoms with Crippen LogP contribution in [0.1, 0.15) is 32.9 Å². The number of hydrogen-bond donors (Lipinski definition) is 2. The molecule has 0 atom stereocenters. The summed E-state index contributed by atoms with van der Waals surface area (Å²) < 4.78 is 5.70. The highest BCUT2D eigenvalue weighted by molar-refractivity contribution is 7.13. The maximum absolute atomic E-state index is 11.6. The highest BCUT2D eigenvalue weighted by atomic mass is 32.1. The van der Waals surface area contributed by atoms with Crippen molar-refractivity contribution in [2.45, 2.75) is 26.7 Å². The Hall–Kier alpha value is -1.92. The summed E-state index contributed by atoms with van der Waals surface area (Å²) in [5.74, 6) is 5.75. The van der Waals surface area contributed by atoms with Crippen molar-refractivity contribution in [2.24, 2.45) is 5.84 Å². The number of amides is 1. The second-order valence-electron chi connectivity index (χ2n) is 4.63. The molecule has 0 aliphatic rings. The van der Waals surface area contributed by atoms with Gasteiger partial charge >= 0.3 is 0 Å². The van der Waals surface area contributed by atoms with Gasteiger partial charge in [-0.3, -0.25) is 10.2 Å². The van der Waals surface area contributed by atoms with Gasteiger partial charge in [-0.2, -0.15) is 0 Å². The second-order valence-corrected chi connectivity index (χ2v) is 5.71. The van der Waals surface area contributed by atoms with Gasteiger partial charge in [-0.15, -0.1) is 11.3 Å². The summed E-state index contributed by atoms with van der Waals surface area (Å²) in [6.45, 7) is 4.53. The smallest absolute Gasteiger partial charge is 0.277 e. The minimum absolute atomic E-state index is 0.282. The third-order valence-electron chi connectivity index (χ3n) is 2.99. The van der Waals surface area contributed by atoms with Gasteiger partial charge in [-0.1, -0.05) is 19.1 Å². The number of carbonyl (C=O) groups is 1. The first-order valence-corrected chi connectivity index (χ1v) is 7.64. The Labute approximate surface area is 128 Å². The molecule has 5 nitrogen and oxygen atoms in total. The van der Waals surface area contributed by atoms with Gasteiger partial charge < -0.3 is 4.74 Å². The van der Waals surface area contributed by atoms with Crippen molar-refractivity contribution >= 4 is 17.2 Å². The average Bonchev–Trinajstić information content (AvgIpc) is 2.90. The van der Waals surface area contributed by atoms with E-state index in [9.17, 15) is 4.79 Å². The summed E-state index contributed by atoms with van der Waals surface area (Å²) in [6, 6.07) is 7.91. The van der Waals surface area contributed by atoms with Crippen molar-refractivity contribution in [3.63, 3.8) is 0 Å². The third kappa shape index (κ3) is 4.03. The van der Waals surface area contributed by atoms with Crippen LogP contribution in [0.3, 0.4) is 0 Å². The highest BCUT2D eigenvalue weighted by Gasteiger charge is 2.15. The molecular formula is C15H19N3O2S. The number of aromatic nitrogens is 1. The average molecular weight is 305 g/mol. The van der Waals surface area contributed by atoms with Gasteiger partial charge in [-0.05, 0) is 31.0 Å². The fraction of sp³-hybridized carbons (Fsp3) is 0.333. The van der Waals surface area contributed by atoms with Gasteiger partial charge in [0.15, 0.2) is 0 Å². The maximum Gasteiger partial charge on any atom is 0.277 e. The van der Waals surface area contributed by atoms with Crippen molar-refractivity contribution in [3.05, 3.63) is 45.4 Å². The highest BCUT2D eigenvalue weighted by Crippen LogP contribution is 2.20. The lowest BCUT2D eigenvalue weighted by molar-refractivity contribution is 0.0956. The summed E-state index contributed by atoms with van der Waals surface area (Å²) in [5, 5.41) is 0.887. The van der Waals surface area contributed by atoms with Crippen LogP contribution >= 0.6 is 11.3 Å². The van der Waals surface area contributed by atoms with E-state index in [2.05, 4.69) is 10.4 Å². The molecule has 112 valence electrons. The van der Waals surface area contributed by atoms with Crippen molar-refractivity contribution in [3.8, 4) is 5.75 Å². The van der Waals surface area contributed by atoms with Gasteiger partial charge in [0.1, 0.15) is 10.6 Å². The normalized spacial score (nSPS) is 10.4. The summed E-state index contributed by atoms with van der Waals surface area (Å²) >= 11 is 1.37. The Morgan fingerprint density at radius 3 is 2.95 bits per heavy atom. The van der Waals surface area contributed by atoms with Crippen molar-refractivity contribution in [1.29, 1.82) is 0 Å². The fourth-order valence-corrected chi connectivity index (χ4v) is 2.99. The zero-order valence-corrected chi connectivity index (χ0v) is 13.0. The van der Waals surface area contributed by atoms with Crippen LogP contribution in [-0.4, -0.2) is 17.5 Å². The maximum atomic E-state index is 11.6. The predicted molar refractivity (Wildman–Crippen MR) is 83.5 cm³/mol. The second kappa shape index (κ2) is 7.19. The lowest BCUT2D eigenvalue weighted by Crippen LogP contribution is -2.30. The fourth-order valence-electron chi connectivity index (χ4n) is 1.95. The van der Waals surface area contributed by atoms with E-state index >= 15 is 0 Å². The van der Waals surface area contributed by atoms with E-state index in [1.165, 1.54) is 11.3 Å². The Morgan fingerprint density at radius 2 is 2.29 bits per heavy atom. The molecule has 1 heterocycles. The summed E-state index contributed by atoms with van der Waals surface area (Å²) in [6.07, 6.45) is 1.38. The standard InChI is InChI=1S/C15H19N3O2S/c1-3-12-14(15(19)18-16)21-13(17-12)7-8-20-11-6-4-5-10(2)9-11/h4-6,9H,3,7-8,16H2,1-2H3,(H,18,19). The number of aryl methyl sites for hydroxylation is 2. The number of rotatable bonds is 6. The largest absolute Gasteiger partial charge is 0.493 e. The molecule has 0 aliphatic heterocycles. The Kier molecular flexibility index (Phi) is 5.30. The summed E-state index contributed by atoms with van der Waals surface area (Å²) in [4.78, 5) is 16.7. The van der Waals surface area contributed by atoms with Crippen LogP contribution in [0.4, 0.5) is 0 Å². The monoisotopic (exact) mass is 305 g/mol. The minimum atomic E-state index is -0.282. The molecule has 1 aromatic carbocycles. The van der Waals surface area contributed by atoms with E-state index in [4.69, 9.17) is 10.6 Å². The van der Waals surface area contributed by atoms with Crippen LogP contribution < -0.4 is 16.0 Å². The molecule has 0 radical (unpaired) electrons. The number of benzene rings is 1. The van der Waals surface area contributed by atoms with E-state index < -0.39 is 0 Å². The van der Waals surface area contributed by atoms with Gasteiger partial charge in [-0.25, -0.2) is 10.8 Å². The number of hydrogen-bond acceptors (Lipinski definition) is 5. The molecule has 1 amide bonds. The molecular weight excluding hydrogens is 286 g/mol. The molecule has 1 aromatic heterocycles. The van der Waals surface area contributed by atoms with Gasteiger partial charge in [0.05, 0.1) is 17.3 Å². The lowest BCUT2D eigenvalue weighted by atomic mass is 10.2. The zero-order chi connectivity index (χ0) is 15.2. The molecule has 0 spiro atoms. The van der Waals surface area contributed by atoms with Crippen molar-refractivity contribution < 1.29 is 9.53 Å². The topological polar surface area (TPSA) is 77.2 Å². The Morgan fingerprint density at radius 1 is 1.48 bits per heavy atom. The molecule has 0 aliphatic carbocycles. The van der Waals surface area contributed by atoms with Gasteiger partial charge in [0.25, 0.3) is 5.91 Å². The van der Waals surface area contributed by atoms with Gasteiger partial charge in [0, 0.05) is 6.42 Å². The number of thiazole rings is 1. The number of carbonyl (C=O) groups excluding carboxylic acids is 1. The van der Waals surface area contributed by atoms with E-state index in [-0.39, 0.29) is 5.91 Å². The first kappa shape index (κ1) is 15.5. The number of hydrazine groups is 1. The number of ether oxygens (including phenoxy) is 1. The molecule has 6 heteroatoms. The Bertz CT molecular complexity index is 625. The first-order valence-electron chi connectivity index (χ1n) is 6.83. The quantitative estimate of drug-likeness (QED) is 0.487. The Balaban J connectivity index is 1.97. The number of nitrogens with two attached hydrogens (primary N) is 1. The molecule has 0 bridgehead atoms. The van der Waals surface area contributed by atoms with Crippen LogP contribution in [0, 0.1) is 6.92 Å².